The maximum Gasteiger partial charge on any atom is 0.275 e. The van der Waals surface area contributed by atoms with Crippen molar-refractivity contribution in [1.29, 1.82) is 0 Å². The average Bonchev–Trinajstić information content (AvgIpc) is 3.34. The van der Waals surface area contributed by atoms with Crippen molar-refractivity contribution < 1.29 is 14.4 Å². The predicted octanol–water partition coefficient (Wildman–Crippen LogP) is 2.68. The van der Waals surface area contributed by atoms with Gasteiger partial charge in [-0.1, -0.05) is 0 Å². The Kier molecular flexibility index (Phi) is 4.79. The number of nitrogens with one attached hydrogen (secondary N) is 1. The molecule has 2 heterocycles. The Balaban J connectivity index is 2.04. The van der Waals surface area contributed by atoms with Gasteiger partial charge in [0.2, 0.25) is 0 Å². The molecular weight excluding hydrogens is 320 g/mol. The number of amides is 1. The van der Waals surface area contributed by atoms with E-state index in [-0.39, 0.29) is 11.4 Å². The van der Waals surface area contributed by atoms with Crippen LogP contribution in [0, 0.1) is 6.92 Å². The Labute approximate surface area is 147 Å². The van der Waals surface area contributed by atoms with Gasteiger partial charge in [-0.2, -0.15) is 5.10 Å². The number of rotatable bonds is 6. The number of hydrogen-bond acceptors (Lipinski definition) is 5. The molecule has 136 valence electrons. The number of nitrogens with zero attached hydrogens (tertiary/aromatic N) is 3. The van der Waals surface area contributed by atoms with Gasteiger partial charge in [0.25, 0.3) is 5.91 Å². The maximum absolute atomic E-state index is 12.7. The van der Waals surface area contributed by atoms with Crippen molar-refractivity contribution in [2.24, 2.45) is 0 Å². The number of aromatic nitrogens is 3. The van der Waals surface area contributed by atoms with E-state index < -0.39 is 0 Å². The summed E-state index contributed by atoms with van der Waals surface area (Å²) < 4.78 is 6.83. The lowest BCUT2D eigenvalue weighted by atomic mass is 10.1. The Hall–Kier alpha value is -1.99. The summed E-state index contributed by atoms with van der Waals surface area (Å²) in [6.07, 6.45) is 2.24. The normalized spacial score (nSPS) is 14.9. The van der Waals surface area contributed by atoms with Crippen molar-refractivity contribution in [3.8, 4) is 0 Å². The third-order valence-corrected chi connectivity index (χ3v) is 4.26. The summed E-state index contributed by atoms with van der Waals surface area (Å²) in [5.74, 6) is 0.163. The molecule has 1 aliphatic rings. The number of fused-ring (bicyclic) bond motifs is 1. The molecule has 0 unspecified atom stereocenters. The van der Waals surface area contributed by atoms with E-state index in [0.29, 0.717) is 24.7 Å². The van der Waals surface area contributed by atoms with E-state index in [1.54, 1.807) is 7.11 Å². The number of pyridine rings is 1. The Bertz CT molecular complexity index is 788. The van der Waals surface area contributed by atoms with Gasteiger partial charge in [-0.3, -0.25) is 9.63 Å². The van der Waals surface area contributed by atoms with Crippen LogP contribution in [0.25, 0.3) is 11.0 Å². The van der Waals surface area contributed by atoms with Crippen LogP contribution in [0.15, 0.2) is 6.07 Å². The molecule has 7 heteroatoms. The smallest absolute Gasteiger partial charge is 0.275 e. The van der Waals surface area contributed by atoms with Crippen LogP contribution in [0.5, 0.6) is 0 Å². The van der Waals surface area contributed by atoms with E-state index in [4.69, 9.17) is 14.6 Å². The number of hydroxylamine groups is 1. The van der Waals surface area contributed by atoms with Crippen LogP contribution in [-0.4, -0.2) is 41.0 Å². The second-order valence-electron chi connectivity index (χ2n) is 7.51. The Morgan fingerprint density at radius 3 is 2.68 bits per heavy atom. The lowest BCUT2D eigenvalue weighted by Crippen LogP contribution is -2.26. The first-order chi connectivity index (χ1) is 11.8. The summed E-state index contributed by atoms with van der Waals surface area (Å²) in [6.45, 7) is 8.87. The van der Waals surface area contributed by atoms with Gasteiger partial charge in [-0.25, -0.2) is 15.1 Å². The maximum atomic E-state index is 12.7. The van der Waals surface area contributed by atoms with Gasteiger partial charge in [-0.15, -0.1) is 0 Å². The summed E-state index contributed by atoms with van der Waals surface area (Å²) >= 11 is 0. The molecule has 0 spiro atoms. The topological polar surface area (TPSA) is 78.3 Å². The van der Waals surface area contributed by atoms with Gasteiger partial charge >= 0.3 is 0 Å². The first-order valence-electron chi connectivity index (χ1n) is 8.64. The lowest BCUT2D eigenvalue weighted by molar-refractivity contribution is 0.00898. The van der Waals surface area contributed by atoms with E-state index >= 15 is 0 Å². The summed E-state index contributed by atoms with van der Waals surface area (Å²) in [5, 5.41) is 5.43. The second-order valence-corrected chi connectivity index (χ2v) is 7.51. The molecule has 1 fully saturated rings. The van der Waals surface area contributed by atoms with Crippen LogP contribution in [0.1, 0.15) is 61.3 Å². The molecule has 0 atom stereocenters. The lowest BCUT2D eigenvalue weighted by Gasteiger charge is -2.20. The summed E-state index contributed by atoms with van der Waals surface area (Å²) in [7, 11) is 1.59. The molecular formula is C18H26N4O3. The van der Waals surface area contributed by atoms with Crippen LogP contribution >= 0.6 is 0 Å². The average molecular weight is 346 g/mol. The van der Waals surface area contributed by atoms with E-state index in [0.717, 1.165) is 35.3 Å². The second kappa shape index (κ2) is 6.72. The minimum atomic E-state index is -0.276. The number of ether oxygens (including phenoxy) is 1. The SMILES string of the molecule is COCCONC(=O)c1cc(C2CC2)nc2c1c(C)nn2C(C)(C)C. The third kappa shape index (κ3) is 3.67. The highest BCUT2D eigenvalue weighted by Crippen LogP contribution is 2.40. The number of aryl methyl sites for hydroxylation is 1. The molecule has 0 aromatic carbocycles. The Morgan fingerprint density at radius 2 is 2.08 bits per heavy atom. The van der Waals surface area contributed by atoms with Crippen LogP contribution in [0.2, 0.25) is 0 Å². The number of methoxy groups -OCH3 is 1. The Morgan fingerprint density at radius 1 is 1.36 bits per heavy atom. The first kappa shape index (κ1) is 17.8. The van der Waals surface area contributed by atoms with Gasteiger partial charge in [0.15, 0.2) is 5.65 Å². The van der Waals surface area contributed by atoms with Crippen molar-refractivity contribution in [3.63, 3.8) is 0 Å². The number of carbonyl (C=O) groups excluding carboxylic acids is 1. The number of carbonyl (C=O) groups is 1. The largest absolute Gasteiger partial charge is 0.382 e. The molecule has 0 aliphatic heterocycles. The summed E-state index contributed by atoms with van der Waals surface area (Å²) in [4.78, 5) is 22.7. The highest BCUT2D eigenvalue weighted by Gasteiger charge is 2.30. The minimum Gasteiger partial charge on any atom is -0.382 e. The zero-order valence-electron chi connectivity index (χ0n) is 15.5. The van der Waals surface area contributed by atoms with E-state index in [1.807, 2.05) is 17.7 Å². The fourth-order valence-electron chi connectivity index (χ4n) is 2.84. The molecule has 7 nitrogen and oxygen atoms in total. The van der Waals surface area contributed by atoms with Crippen LogP contribution in [0.4, 0.5) is 0 Å². The van der Waals surface area contributed by atoms with Gasteiger partial charge < -0.3 is 4.74 Å². The standard InChI is InChI=1S/C18H26N4O3/c1-11-15-13(17(23)21-25-9-8-24-5)10-14(12-6-7-12)19-16(15)22(20-11)18(2,3)4/h10,12H,6-9H2,1-5H3,(H,21,23). The van der Waals surface area contributed by atoms with Gasteiger partial charge in [0.05, 0.1) is 35.4 Å². The zero-order chi connectivity index (χ0) is 18.2. The van der Waals surface area contributed by atoms with Gasteiger partial charge in [-0.05, 0) is 46.6 Å². The molecule has 2 aromatic heterocycles. The van der Waals surface area contributed by atoms with Gasteiger partial charge in [0, 0.05) is 18.7 Å². The minimum absolute atomic E-state index is 0.218. The van der Waals surface area contributed by atoms with Crippen LogP contribution in [-0.2, 0) is 15.1 Å². The highest BCUT2D eigenvalue weighted by molar-refractivity contribution is 6.06. The molecule has 25 heavy (non-hydrogen) atoms. The third-order valence-electron chi connectivity index (χ3n) is 4.26. The van der Waals surface area contributed by atoms with Crippen molar-refractivity contribution in [2.75, 3.05) is 20.3 Å². The highest BCUT2D eigenvalue weighted by atomic mass is 16.7. The summed E-state index contributed by atoms with van der Waals surface area (Å²) in [6, 6.07) is 1.89. The van der Waals surface area contributed by atoms with E-state index in [1.165, 1.54) is 0 Å². The molecule has 1 aliphatic carbocycles. The molecule has 0 bridgehead atoms. The van der Waals surface area contributed by atoms with E-state index in [9.17, 15) is 4.79 Å². The van der Waals surface area contributed by atoms with E-state index in [2.05, 4.69) is 31.3 Å². The fraction of sp³-hybridized carbons (Fsp3) is 0.611. The zero-order valence-corrected chi connectivity index (χ0v) is 15.5. The van der Waals surface area contributed by atoms with Gasteiger partial charge in [0.1, 0.15) is 0 Å². The molecule has 2 aromatic rings. The molecule has 0 radical (unpaired) electrons. The van der Waals surface area contributed by atoms with Crippen molar-refractivity contribution >= 4 is 16.9 Å². The molecule has 1 saturated carbocycles. The molecule has 1 amide bonds. The number of hydrogen-bond donors (Lipinski definition) is 1. The van der Waals surface area contributed by atoms with Crippen LogP contribution in [0.3, 0.4) is 0 Å². The molecule has 3 rings (SSSR count). The van der Waals surface area contributed by atoms with Crippen molar-refractivity contribution in [3.05, 3.63) is 23.0 Å². The fourth-order valence-corrected chi connectivity index (χ4v) is 2.84. The first-order valence-corrected chi connectivity index (χ1v) is 8.64. The molecule has 1 N–H and O–H groups in total. The predicted molar refractivity (Wildman–Crippen MR) is 94.5 cm³/mol. The van der Waals surface area contributed by atoms with Crippen molar-refractivity contribution in [2.45, 2.75) is 52.0 Å². The van der Waals surface area contributed by atoms with Crippen molar-refractivity contribution in [1.82, 2.24) is 20.2 Å². The van der Waals surface area contributed by atoms with Crippen LogP contribution < -0.4 is 5.48 Å². The molecule has 0 saturated heterocycles. The summed E-state index contributed by atoms with van der Waals surface area (Å²) in [5.41, 5.74) is 5.37. The monoisotopic (exact) mass is 346 g/mol. The quantitative estimate of drug-likeness (QED) is 0.643.